The second kappa shape index (κ2) is 8.63. The number of aliphatic hydroxyl groups is 1. The van der Waals surface area contributed by atoms with Gasteiger partial charge in [-0.15, -0.1) is 0 Å². The van der Waals surface area contributed by atoms with E-state index in [1.165, 1.54) is 5.56 Å². The third-order valence-corrected chi connectivity index (χ3v) is 5.63. The van der Waals surface area contributed by atoms with Crippen molar-refractivity contribution in [1.29, 1.82) is 0 Å². The third-order valence-electron chi connectivity index (χ3n) is 5.63. The molecule has 1 aromatic heterocycles. The van der Waals surface area contributed by atoms with Crippen LogP contribution in [0.2, 0.25) is 0 Å². The lowest BCUT2D eigenvalue weighted by Gasteiger charge is -2.36. The Kier molecular flexibility index (Phi) is 6.26. The van der Waals surface area contributed by atoms with Crippen LogP contribution in [-0.2, 0) is 0 Å². The van der Waals surface area contributed by atoms with Gasteiger partial charge in [-0.3, -0.25) is 9.88 Å². The normalized spacial score (nSPS) is 26.8. The molecule has 0 aromatic carbocycles. The van der Waals surface area contributed by atoms with E-state index in [2.05, 4.69) is 39.6 Å². The number of hydrogen-bond acceptors (Lipinski definition) is 4. The summed E-state index contributed by atoms with van der Waals surface area (Å²) < 4.78 is 0. The number of hydrogen-bond donors (Lipinski definition) is 3. The summed E-state index contributed by atoms with van der Waals surface area (Å²) in [6.45, 7) is 4.21. The number of urea groups is 1. The van der Waals surface area contributed by atoms with Crippen molar-refractivity contribution in [3.63, 3.8) is 0 Å². The number of pyridine rings is 1. The fourth-order valence-electron chi connectivity index (χ4n) is 3.92. The van der Waals surface area contributed by atoms with Gasteiger partial charge in [-0.05, 0) is 63.1 Å². The summed E-state index contributed by atoms with van der Waals surface area (Å²) in [7, 11) is 0. The van der Waals surface area contributed by atoms with Crippen molar-refractivity contribution < 1.29 is 9.90 Å². The van der Waals surface area contributed by atoms with E-state index in [4.69, 9.17) is 0 Å². The highest BCUT2D eigenvalue weighted by atomic mass is 16.3. The van der Waals surface area contributed by atoms with Crippen molar-refractivity contribution in [2.24, 2.45) is 0 Å². The van der Waals surface area contributed by atoms with Gasteiger partial charge in [-0.2, -0.15) is 0 Å². The summed E-state index contributed by atoms with van der Waals surface area (Å²) in [5.41, 5.74) is 1.29. The summed E-state index contributed by atoms with van der Waals surface area (Å²) in [6.07, 6.45) is 8.77. The van der Waals surface area contributed by atoms with Crippen LogP contribution in [0.5, 0.6) is 0 Å². The van der Waals surface area contributed by atoms with Crippen molar-refractivity contribution >= 4 is 6.03 Å². The van der Waals surface area contributed by atoms with Crippen molar-refractivity contribution in [3.8, 4) is 0 Å². The average Bonchev–Trinajstić information content (AvgIpc) is 2.64. The average molecular weight is 346 g/mol. The standard InChI is InChI=1S/C19H30N4O2/c1-14(15-6-10-20-11-7-15)23-12-8-17(9-13-23)22-19(25)21-16-2-4-18(24)5-3-16/h6-7,10-11,14,16-18,24H,2-5,8-9,12-13H2,1H3,(H2,21,22,25). The highest BCUT2D eigenvalue weighted by Gasteiger charge is 2.26. The second-order valence-electron chi connectivity index (χ2n) is 7.39. The Labute approximate surface area is 150 Å². The molecule has 1 aromatic rings. The second-order valence-corrected chi connectivity index (χ2v) is 7.39. The first-order valence-electron chi connectivity index (χ1n) is 9.51. The number of rotatable bonds is 4. The number of nitrogens with one attached hydrogen (secondary N) is 2. The van der Waals surface area contributed by atoms with Gasteiger partial charge in [-0.1, -0.05) is 0 Å². The van der Waals surface area contributed by atoms with Gasteiger partial charge in [0.25, 0.3) is 0 Å². The fourth-order valence-corrected chi connectivity index (χ4v) is 3.92. The minimum absolute atomic E-state index is 0.0537. The number of carbonyl (C=O) groups is 1. The molecule has 6 nitrogen and oxygen atoms in total. The minimum Gasteiger partial charge on any atom is -0.393 e. The molecule has 0 radical (unpaired) electrons. The molecule has 1 saturated heterocycles. The zero-order valence-electron chi connectivity index (χ0n) is 15.0. The molecular weight excluding hydrogens is 316 g/mol. The van der Waals surface area contributed by atoms with Crippen LogP contribution < -0.4 is 10.6 Å². The van der Waals surface area contributed by atoms with Gasteiger partial charge >= 0.3 is 6.03 Å². The largest absolute Gasteiger partial charge is 0.393 e. The highest BCUT2D eigenvalue weighted by Crippen LogP contribution is 2.24. The lowest BCUT2D eigenvalue weighted by Crippen LogP contribution is -2.51. The molecule has 3 N–H and O–H groups in total. The van der Waals surface area contributed by atoms with Crippen LogP contribution in [0.25, 0.3) is 0 Å². The van der Waals surface area contributed by atoms with E-state index in [1.54, 1.807) is 0 Å². The van der Waals surface area contributed by atoms with Crippen LogP contribution in [0.3, 0.4) is 0 Å². The molecule has 0 bridgehead atoms. The molecule has 0 spiro atoms. The molecule has 2 aliphatic rings. The first-order valence-corrected chi connectivity index (χ1v) is 9.51. The molecule has 1 aliphatic heterocycles. The van der Waals surface area contributed by atoms with Crippen molar-refractivity contribution in [3.05, 3.63) is 30.1 Å². The first-order chi connectivity index (χ1) is 12.1. The summed E-state index contributed by atoms with van der Waals surface area (Å²) in [5, 5.41) is 15.7. The fraction of sp³-hybridized carbons (Fsp3) is 0.684. The maximum Gasteiger partial charge on any atom is 0.315 e. The number of likely N-dealkylation sites (tertiary alicyclic amines) is 1. The molecular formula is C19H30N4O2. The highest BCUT2D eigenvalue weighted by molar-refractivity contribution is 5.74. The zero-order chi connectivity index (χ0) is 17.6. The van der Waals surface area contributed by atoms with Crippen LogP contribution in [0.1, 0.15) is 57.1 Å². The minimum atomic E-state index is -0.187. The molecule has 138 valence electrons. The van der Waals surface area contributed by atoms with E-state index in [0.717, 1.165) is 51.6 Å². The van der Waals surface area contributed by atoms with Gasteiger partial charge in [-0.25, -0.2) is 4.79 Å². The summed E-state index contributed by atoms with van der Waals surface area (Å²) >= 11 is 0. The number of carbonyl (C=O) groups excluding carboxylic acids is 1. The summed E-state index contributed by atoms with van der Waals surface area (Å²) in [5.74, 6) is 0. The summed E-state index contributed by atoms with van der Waals surface area (Å²) in [6, 6.07) is 4.92. The van der Waals surface area contributed by atoms with Gasteiger partial charge in [0.1, 0.15) is 0 Å². The van der Waals surface area contributed by atoms with E-state index >= 15 is 0 Å². The van der Waals surface area contributed by atoms with Gasteiger partial charge in [0.2, 0.25) is 0 Å². The smallest absolute Gasteiger partial charge is 0.315 e. The Balaban J connectivity index is 1.39. The van der Waals surface area contributed by atoms with Crippen LogP contribution in [0, 0.1) is 0 Å². The summed E-state index contributed by atoms with van der Waals surface area (Å²) in [4.78, 5) is 18.7. The maximum absolute atomic E-state index is 12.2. The van der Waals surface area contributed by atoms with Crippen molar-refractivity contribution in [1.82, 2.24) is 20.5 Å². The van der Waals surface area contributed by atoms with E-state index in [9.17, 15) is 9.90 Å². The number of piperidine rings is 1. The Hall–Kier alpha value is -1.66. The van der Waals surface area contributed by atoms with Crippen molar-refractivity contribution in [2.45, 2.75) is 69.7 Å². The maximum atomic E-state index is 12.2. The zero-order valence-corrected chi connectivity index (χ0v) is 15.0. The van der Waals surface area contributed by atoms with Crippen LogP contribution >= 0.6 is 0 Å². The topological polar surface area (TPSA) is 77.5 Å². The number of amides is 2. The SMILES string of the molecule is CC(c1ccncc1)N1CCC(NC(=O)NC2CCC(O)CC2)CC1. The molecule has 2 amide bonds. The van der Waals surface area contributed by atoms with Gasteiger partial charge in [0.15, 0.2) is 0 Å². The van der Waals surface area contributed by atoms with Gasteiger partial charge < -0.3 is 15.7 Å². The Morgan fingerprint density at radius 3 is 2.24 bits per heavy atom. The predicted molar refractivity (Wildman–Crippen MR) is 97.2 cm³/mol. The molecule has 1 saturated carbocycles. The Bertz CT molecular complexity index is 538. The first kappa shape index (κ1) is 18.1. The lowest BCUT2D eigenvalue weighted by molar-refractivity contribution is 0.116. The monoisotopic (exact) mass is 346 g/mol. The number of nitrogens with zero attached hydrogens (tertiary/aromatic N) is 2. The molecule has 25 heavy (non-hydrogen) atoms. The van der Waals surface area contributed by atoms with E-state index in [0.29, 0.717) is 6.04 Å². The number of aromatic nitrogens is 1. The van der Waals surface area contributed by atoms with Crippen LogP contribution in [-0.4, -0.2) is 52.3 Å². The number of aliphatic hydroxyl groups excluding tert-OH is 1. The van der Waals surface area contributed by atoms with Gasteiger partial charge in [0, 0.05) is 43.6 Å². The molecule has 2 fully saturated rings. The molecule has 2 heterocycles. The Morgan fingerprint density at radius 2 is 1.64 bits per heavy atom. The molecule has 1 atom stereocenters. The predicted octanol–water partition coefficient (Wildman–Crippen LogP) is 2.21. The van der Waals surface area contributed by atoms with E-state index < -0.39 is 0 Å². The van der Waals surface area contributed by atoms with Crippen molar-refractivity contribution in [2.75, 3.05) is 13.1 Å². The Morgan fingerprint density at radius 1 is 1.08 bits per heavy atom. The van der Waals surface area contributed by atoms with Crippen LogP contribution in [0.15, 0.2) is 24.5 Å². The third kappa shape index (κ3) is 5.16. The van der Waals surface area contributed by atoms with Crippen LogP contribution in [0.4, 0.5) is 4.79 Å². The van der Waals surface area contributed by atoms with E-state index in [-0.39, 0.29) is 24.2 Å². The molecule has 3 rings (SSSR count). The molecule has 1 unspecified atom stereocenters. The quantitative estimate of drug-likeness (QED) is 0.781. The molecule has 1 aliphatic carbocycles. The molecule has 6 heteroatoms. The van der Waals surface area contributed by atoms with Gasteiger partial charge in [0.05, 0.1) is 6.10 Å². The lowest BCUT2D eigenvalue weighted by atomic mass is 9.93. The van der Waals surface area contributed by atoms with E-state index in [1.807, 2.05) is 12.4 Å².